The molecule has 0 fully saturated rings. The zero-order valence-corrected chi connectivity index (χ0v) is 25.7. The predicted octanol–water partition coefficient (Wildman–Crippen LogP) is 3.21. The van der Waals surface area contributed by atoms with E-state index >= 15 is 0 Å². The minimum atomic E-state index is -1.27. The van der Waals surface area contributed by atoms with Crippen molar-refractivity contribution in [3.8, 4) is 0 Å². The number of carboxylic acid groups (broad SMARTS) is 3. The molecular formula is C30H47N3O9S. The first-order valence-electron chi connectivity index (χ1n) is 14.5. The third kappa shape index (κ3) is 23.8. The van der Waals surface area contributed by atoms with Crippen LogP contribution in [-0.4, -0.2) is 80.5 Å². The summed E-state index contributed by atoms with van der Waals surface area (Å²) in [6.45, 7) is 1.50. The van der Waals surface area contributed by atoms with Gasteiger partial charge in [0.05, 0.1) is 0 Å². The van der Waals surface area contributed by atoms with Crippen LogP contribution in [0.2, 0.25) is 0 Å². The molecule has 0 aromatic rings. The topological polar surface area (TPSA) is 213 Å². The number of carbonyl (C=O) groups excluding carboxylic acids is 3. The van der Waals surface area contributed by atoms with E-state index < -0.39 is 53.6 Å². The van der Waals surface area contributed by atoms with Gasteiger partial charge in [0.15, 0.2) is 0 Å². The van der Waals surface area contributed by atoms with Crippen LogP contribution in [0.5, 0.6) is 0 Å². The van der Waals surface area contributed by atoms with Gasteiger partial charge in [-0.3, -0.25) is 28.8 Å². The van der Waals surface area contributed by atoms with E-state index in [1.54, 1.807) is 0 Å². The summed E-state index contributed by atoms with van der Waals surface area (Å²) < 4.78 is 0. The fraction of sp³-hybridized carbons (Fsp3) is 0.600. The summed E-state index contributed by atoms with van der Waals surface area (Å²) in [6.07, 6.45) is 17.9. The smallest absolute Gasteiger partial charge is 0.322 e. The Hall–Kier alpha value is -3.45. The molecule has 12 nitrogen and oxygen atoms in total. The molecule has 0 radical (unpaired) electrons. The van der Waals surface area contributed by atoms with E-state index in [1.165, 1.54) is 31.0 Å². The predicted molar refractivity (Wildman–Crippen MR) is 166 cm³/mol. The number of nitrogens with two attached hydrogens (primary N) is 1. The Labute approximate surface area is 257 Å². The summed E-state index contributed by atoms with van der Waals surface area (Å²) in [6, 6.07) is -2.41. The number of unbranched alkanes of at least 4 members (excludes halogenated alkanes) is 3. The maximum absolute atomic E-state index is 12.7. The van der Waals surface area contributed by atoms with Gasteiger partial charge in [-0.15, -0.1) is 0 Å². The number of ketones is 1. The molecule has 242 valence electrons. The van der Waals surface area contributed by atoms with Crippen molar-refractivity contribution in [3.63, 3.8) is 0 Å². The molecule has 7 N–H and O–H groups in total. The molecule has 0 bridgehead atoms. The first-order valence-corrected chi connectivity index (χ1v) is 15.6. The second-order valence-corrected chi connectivity index (χ2v) is 11.2. The van der Waals surface area contributed by atoms with Crippen LogP contribution in [0, 0.1) is 0 Å². The number of carboxylic acids is 3. The van der Waals surface area contributed by atoms with Crippen LogP contribution in [-0.2, 0) is 28.8 Å². The molecule has 1 unspecified atom stereocenters. The molecule has 0 saturated heterocycles. The Kier molecular flexibility index (Phi) is 23.1. The van der Waals surface area contributed by atoms with Crippen molar-refractivity contribution in [1.29, 1.82) is 0 Å². The van der Waals surface area contributed by atoms with Crippen LogP contribution in [0.25, 0.3) is 0 Å². The molecule has 0 spiro atoms. The number of thioether (sulfide) groups is 1. The number of allylic oxidation sites excluding steroid dienone is 5. The van der Waals surface area contributed by atoms with Gasteiger partial charge in [-0.2, -0.15) is 11.8 Å². The van der Waals surface area contributed by atoms with Crippen LogP contribution in [0.15, 0.2) is 36.5 Å². The van der Waals surface area contributed by atoms with E-state index in [-0.39, 0.29) is 50.1 Å². The molecule has 2 amide bonds. The summed E-state index contributed by atoms with van der Waals surface area (Å²) in [5.74, 6) is -5.05. The van der Waals surface area contributed by atoms with E-state index in [0.29, 0.717) is 6.42 Å². The Morgan fingerprint density at radius 1 is 0.837 bits per heavy atom. The van der Waals surface area contributed by atoms with E-state index in [0.717, 1.165) is 12.8 Å². The summed E-state index contributed by atoms with van der Waals surface area (Å²) in [7, 11) is 0. The highest BCUT2D eigenvalue weighted by molar-refractivity contribution is 8.00. The van der Waals surface area contributed by atoms with Crippen molar-refractivity contribution in [3.05, 3.63) is 36.5 Å². The van der Waals surface area contributed by atoms with Gasteiger partial charge in [-0.05, 0) is 38.5 Å². The number of carbonyl (C=O) groups is 6. The van der Waals surface area contributed by atoms with Crippen molar-refractivity contribution < 1.29 is 44.1 Å². The number of hydrogen-bond acceptors (Lipinski definition) is 8. The highest BCUT2D eigenvalue weighted by Gasteiger charge is 2.24. The number of amides is 2. The van der Waals surface area contributed by atoms with Gasteiger partial charge in [-0.1, -0.05) is 56.2 Å². The number of rotatable bonds is 26. The number of aliphatic carboxylic acids is 3. The SMILES string of the molecule is CCCCC/C=C\C/C=C/C/C=C/C(CC(=O)CCCC(=O)O)SC[C@@H](NC(=O)CC[C@H](N)C(=O)O)C(=O)NCC(=O)O. The minimum Gasteiger partial charge on any atom is -0.481 e. The molecule has 3 atom stereocenters. The average Bonchev–Trinajstić information content (AvgIpc) is 2.94. The maximum Gasteiger partial charge on any atom is 0.322 e. The van der Waals surface area contributed by atoms with E-state index in [2.05, 4.69) is 29.7 Å². The number of Topliss-reactive ketones (excluding diaryl/α,β-unsaturated/α-hetero) is 1. The molecule has 0 aromatic carbocycles. The lowest BCUT2D eigenvalue weighted by Gasteiger charge is -2.20. The van der Waals surface area contributed by atoms with Gasteiger partial charge in [0, 0.05) is 36.7 Å². The van der Waals surface area contributed by atoms with Gasteiger partial charge in [0.2, 0.25) is 11.8 Å². The minimum absolute atomic E-state index is 0.00173. The third-order valence-electron chi connectivity index (χ3n) is 6.02. The lowest BCUT2D eigenvalue weighted by molar-refractivity contribution is -0.139. The highest BCUT2D eigenvalue weighted by Crippen LogP contribution is 2.20. The molecule has 0 aliphatic rings. The highest BCUT2D eigenvalue weighted by atomic mass is 32.2. The molecule has 0 rings (SSSR count). The van der Waals surface area contributed by atoms with E-state index in [4.69, 9.17) is 21.1 Å². The molecule has 43 heavy (non-hydrogen) atoms. The van der Waals surface area contributed by atoms with Crippen molar-refractivity contribution in [2.24, 2.45) is 5.73 Å². The van der Waals surface area contributed by atoms with Crippen molar-refractivity contribution in [2.45, 2.75) is 101 Å². The normalized spacial score (nSPS) is 13.6. The maximum atomic E-state index is 12.7. The summed E-state index contributed by atoms with van der Waals surface area (Å²) in [5.41, 5.74) is 5.44. The fourth-order valence-electron chi connectivity index (χ4n) is 3.62. The largest absolute Gasteiger partial charge is 0.481 e. The van der Waals surface area contributed by atoms with Gasteiger partial charge in [0.1, 0.15) is 24.4 Å². The van der Waals surface area contributed by atoms with Gasteiger partial charge >= 0.3 is 17.9 Å². The lowest BCUT2D eigenvalue weighted by atomic mass is 10.1. The Morgan fingerprint density at radius 3 is 2.14 bits per heavy atom. The van der Waals surface area contributed by atoms with Gasteiger partial charge < -0.3 is 31.7 Å². The Morgan fingerprint density at radius 2 is 1.51 bits per heavy atom. The van der Waals surface area contributed by atoms with Crippen LogP contribution in [0.3, 0.4) is 0 Å². The summed E-state index contributed by atoms with van der Waals surface area (Å²) in [5, 5.41) is 31.0. The van der Waals surface area contributed by atoms with Gasteiger partial charge in [-0.25, -0.2) is 0 Å². The summed E-state index contributed by atoms with van der Waals surface area (Å²) >= 11 is 1.21. The van der Waals surface area contributed by atoms with Crippen molar-refractivity contribution in [1.82, 2.24) is 10.6 Å². The molecule has 0 aliphatic heterocycles. The van der Waals surface area contributed by atoms with Crippen LogP contribution < -0.4 is 16.4 Å². The second kappa shape index (κ2) is 25.1. The Balaban J connectivity index is 5.33. The molecule has 0 aromatic heterocycles. The first-order chi connectivity index (χ1) is 20.5. The number of nitrogens with one attached hydrogen (secondary N) is 2. The lowest BCUT2D eigenvalue weighted by Crippen LogP contribution is -2.49. The second-order valence-electron chi connectivity index (χ2n) is 9.92. The van der Waals surface area contributed by atoms with Crippen LogP contribution in [0.4, 0.5) is 0 Å². The molecule has 0 saturated carbocycles. The molecule has 13 heteroatoms. The molecule has 0 aliphatic carbocycles. The van der Waals surface area contributed by atoms with Crippen molar-refractivity contribution in [2.75, 3.05) is 12.3 Å². The monoisotopic (exact) mass is 625 g/mol. The number of hydrogen-bond donors (Lipinski definition) is 6. The van der Waals surface area contributed by atoms with Crippen molar-refractivity contribution >= 4 is 47.3 Å². The Bertz CT molecular complexity index is 982. The van der Waals surface area contributed by atoms with E-state index in [1.807, 2.05) is 24.3 Å². The quantitative estimate of drug-likeness (QED) is 0.0606. The standard InChI is InChI=1S/C30H47N3O9S/c1-2-3-4-5-6-7-8-9-10-11-12-15-23(19-22(34)14-13-16-27(36)37)43-21-25(29(40)32-20-28(38)39)33-26(35)18-17-24(31)30(41)42/h6-7,9-10,12,15,23-25H,2-5,8,11,13-14,16-21,31H2,1H3,(H,32,40)(H,33,35)(H,36,37)(H,38,39)(H,41,42)/b7-6-,10-9+,15-12+/t23?,24-,25+/m0/s1. The van der Waals surface area contributed by atoms with E-state index in [9.17, 15) is 28.8 Å². The average molecular weight is 626 g/mol. The third-order valence-corrected chi connectivity index (χ3v) is 7.30. The zero-order valence-electron chi connectivity index (χ0n) is 24.9. The summed E-state index contributed by atoms with van der Waals surface area (Å²) in [4.78, 5) is 70.2. The molecular weight excluding hydrogens is 578 g/mol. The van der Waals surface area contributed by atoms with Gasteiger partial charge in [0.25, 0.3) is 0 Å². The van der Waals surface area contributed by atoms with Crippen LogP contribution in [0.1, 0.15) is 84.0 Å². The van der Waals surface area contributed by atoms with Crippen LogP contribution >= 0.6 is 11.8 Å². The zero-order chi connectivity index (χ0) is 32.5. The molecule has 0 heterocycles. The fourth-order valence-corrected chi connectivity index (χ4v) is 4.82. The first kappa shape index (κ1) is 39.5.